The van der Waals surface area contributed by atoms with Crippen molar-refractivity contribution in [3.05, 3.63) is 47.1 Å². The lowest BCUT2D eigenvalue weighted by atomic mass is 10.2. The van der Waals surface area contributed by atoms with Gasteiger partial charge in [-0.1, -0.05) is 44.9 Å². The maximum Gasteiger partial charge on any atom is 0.249 e. The minimum absolute atomic E-state index is 0.146. The first-order valence-corrected chi connectivity index (χ1v) is 7.54. The minimum Gasteiger partial charge on any atom is -0.419 e. The normalized spacial score (nSPS) is 12.5. The Bertz CT molecular complexity index is 754. The van der Waals surface area contributed by atoms with E-state index in [1.807, 2.05) is 31.3 Å². The number of nitrogens with zero attached hydrogens (tertiary/aromatic N) is 5. The second-order valence-electron chi connectivity index (χ2n) is 4.44. The lowest BCUT2D eigenvalue weighted by Gasteiger charge is -1.97. The summed E-state index contributed by atoms with van der Waals surface area (Å²) in [6, 6.07) is 7.33. The van der Waals surface area contributed by atoms with Crippen molar-refractivity contribution in [3.63, 3.8) is 0 Å². The zero-order valence-corrected chi connectivity index (χ0v) is 13.4. The molecule has 3 aromatic rings. The number of hydrogen-bond donors (Lipinski definition) is 0. The quantitative estimate of drug-likeness (QED) is 0.659. The summed E-state index contributed by atoms with van der Waals surface area (Å²) < 4.78 is 7.27. The van der Waals surface area contributed by atoms with Gasteiger partial charge in [0.05, 0.1) is 27.3 Å². The maximum atomic E-state index is 6.11. The van der Waals surface area contributed by atoms with Gasteiger partial charge < -0.3 is 4.42 Å². The van der Waals surface area contributed by atoms with Crippen molar-refractivity contribution in [3.8, 4) is 11.5 Å². The lowest BCUT2D eigenvalue weighted by molar-refractivity contribution is 0.469. The van der Waals surface area contributed by atoms with Crippen molar-refractivity contribution >= 4 is 27.5 Å². The fourth-order valence-corrected chi connectivity index (χ4v) is 2.20. The third kappa shape index (κ3) is 3.14. The first-order valence-electron chi connectivity index (χ1n) is 6.25. The Morgan fingerprint density at radius 2 is 2.10 bits per heavy atom. The number of alkyl halides is 1. The van der Waals surface area contributed by atoms with Crippen LogP contribution < -0.4 is 0 Å². The molecule has 2 heterocycles. The smallest absolute Gasteiger partial charge is 0.249 e. The van der Waals surface area contributed by atoms with Crippen LogP contribution in [-0.2, 0) is 6.54 Å². The molecule has 0 fully saturated rings. The number of benzene rings is 1. The number of halogens is 2. The molecule has 0 saturated heterocycles. The molecule has 6 nitrogen and oxygen atoms in total. The Balaban J connectivity index is 1.80. The summed E-state index contributed by atoms with van der Waals surface area (Å²) in [5, 5.41) is 16.7. The average Bonchev–Trinajstić information content (AvgIpc) is 3.09. The average molecular weight is 369 g/mol. The highest BCUT2D eigenvalue weighted by molar-refractivity contribution is 9.09. The summed E-state index contributed by atoms with van der Waals surface area (Å²) in [6.07, 6.45) is 1.83. The van der Waals surface area contributed by atoms with Crippen LogP contribution in [0.15, 0.2) is 34.9 Å². The van der Waals surface area contributed by atoms with Crippen LogP contribution in [0.2, 0.25) is 5.02 Å². The van der Waals surface area contributed by atoms with E-state index >= 15 is 0 Å². The van der Waals surface area contributed by atoms with E-state index in [1.54, 1.807) is 10.7 Å². The zero-order chi connectivity index (χ0) is 14.8. The van der Waals surface area contributed by atoms with Crippen molar-refractivity contribution in [2.45, 2.75) is 18.3 Å². The molecular formula is C13H11BrClN5O. The summed E-state index contributed by atoms with van der Waals surface area (Å²) >= 11 is 9.55. The Morgan fingerprint density at radius 1 is 1.29 bits per heavy atom. The highest BCUT2D eigenvalue weighted by Crippen LogP contribution is 2.26. The second kappa shape index (κ2) is 5.95. The van der Waals surface area contributed by atoms with Crippen LogP contribution in [0, 0.1) is 0 Å². The highest BCUT2D eigenvalue weighted by atomic mass is 79.9. The van der Waals surface area contributed by atoms with Gasteiger partial charge in [-0.3, -0.25) is 0 Å². The summed E-state index contributed by atoms with van der Waals surface area (Å²) in [7, 11) is 0. The van der Waals surface area contributed by atoms with E-state index < -0.39 is 0 Å². The molecule has 108 valence electrons. The molecule has 0 N–H and O–H groups in total. The van der Waals surface area contributed by atoms with Crippen LogP contribution in [0.4, 0.5) is 0 Å². The van der Waals surface area contributed by atoms with Gasteiger partial charge in [0.2, 0.25) is 11.8 Å². The Labute approximate surface area is 134 Å². The van der Waals surface area contributed by atoms with Gasteiger partial charge in [0.15, 0.2) is 0 Å². The van der Waals surface area contributed by atoms with Crippen molar-refractivity contribution in [1.82, 2.24) is 25.2 Å². The van der Waals surface area contributed by atoms with Crippen molar-refractivity contribution in [2.24, 2.45) is 0 Å². The van der Waals surface area contributed by atoms with Crippen LogP contribution in [0.5, 0.6) is 0 Å². The van der Waals surface area contributed by atoms with Crippen molar-refractivity contribution in [2.75, 3.05) is 0 Å². The number of rotatable bonds is 4. The fourth-order valence-electron chi connectivity index (χ4n) is 1.77. The van der Waals surface area contributed by atoms with Crippen LogP contribution in [0.3, 0.4) is 0 Å². The molecule has 0 aliphatic rings. The van der Waals surface area contributed by atoms with E-state index in [-0.39, 0.29) is 4.83 Å². The van der Waals surface area contributed by atoms with Crippen LogP contribution in [0.1, 0.15) is 23.3 Å². The molecule has 0 amide bonds. The van der Waals surface area contributed by atoms with E-state index in [0.717, 1.165) is 5.69 Å². The van der Waals surface area contributed by atoms with Gasteiger partial charge in [0.1, 0.15) is 6.54 Å². The van der Waals surface area contributed by atoms with Crippen LogP contribution in [0.25, 0.3) is 11.5 Å². The molecule has 0 radical (unpaired) electrons. The standard InChI is InChI=1S/C13H11BrClN5O/c1-8(14)11-6-20(19-16-11)7-12-17-18-13(21-12)9-4-2-3-5-10(9)15/h2-6,8H,7H2,1H3. The van der Waals surface area contributed by atoms with E-state index in [0.29, 0.717) is 28.9 Å². The second-order valence-corrected chi connectivity index (χ2v) is 6.22. The number of hydrogen-bond acceptors (Lipinski definition) is 5. The van der Waals surface area contributed by atoms with Gasteiger partial charge in [0, 0.05) is 0 Å². The van der Waals surface area contributed by atoms with Gasteiger partial charge in [-0.25, -0.2) is 4.68 Å². The molecule has 2 aromatic heterocycles. The topological polar surface area (TPSA) is 69.6 Å². The SMILES string of the molecule is CC(Br)c1cn(Cc2nnc(-c3ccccc3Cl)o2)nn1. The third-order valence-electron chi connectivity index (χ3n) is 2.83. The Hall–Kier alpha value is -1.73. The molecule has 1 unspecified atom stereocenters. The Kier molecular flexibility index (Phi) is 4.03. The minimum atomic E-state index is 0.146. The monoisotopic (exact) mass is 367 g/mol. The first kappa shape index (κ1) is 14.2. The molecule has 0 saturated carbocycles. The van der Waals surface area contributed by atoms with Crippen molar-refractivity contribution in [1.29, 1.82) is 0 Å². The first-order chi connectivity index (χ1) is 10.1. The predicted molar refractivity (Wildman–Crippen MR) is 81.2 cm³/mol. The summed E-state index contributed by atoms with van der Waals surface area (Å²) in [5.41, 5.74) is 1.56. The molecular weight excluding hydrogens is 358 g/mol. The fraction of sp³-hybridized carbons (Fsp3) is 0.231. The molecule has 1 aromatic carbocycles. The zero-order valence-electron chi connectivity index (χ0n) is 11.1. The Morgan fingerprint density at radius 3 is 2.81 bits per heavy atom. The van der Waals surface area contributed by atoms with Gasteiger partial charge >= 0.3 is 0 Å². The maximum absolute atomic E-state index is 6.11. The van der Waals surface area contributed by atoms with Crippen molar-refractivity contribution < 1.29 is 4.42 Å². The predicted octanol–water partition coefficient (Wildman–Crippen LogP) is 3.49. The summed E-state index contributed by atoms with van der Waals surface area (Å²) in [6.45, 7) is 2.35. The van der Waals surface area contributed by atoms with Crippen LogP contribution in [-0.4, -0.2) is 25.2 Å². The van der Waals surface area contributed by atoms with Gasteiger partial charge in [-0.05, 0) is 19.1 Å². The lowest BCUT2D eigenvalue weighted by Crippen LogP contribution is -2.00. The molecule has 0 spiro atoms. The van der Waals surface area contributed by atoms with E-state index in [4.69, 9.17) is 16.0 Å². The summed E-state index contributed by atoms with van der Waals surface area (Å²) in [4.78, 5) is 0.146. The van der Waals surface area contributed by atoms with E-state index in [9.17, 15) is 0 Å². The molecule has 0 bridgehead atoms. The van der Waals surface area contributed by atoms with Crippen LogP contribution >= 0.6 is 27.5 Å². The third-order valence-corrected chi connectivity index (χ3v) is 3.63. The van der Waals surface area contributed by atoms with E-state index in [2.05, 4.69) is 36.4 Å². The molecule has 0 aliphatic heterocycles. The molecule has 3 rings (SSSR count). The molecule has 8 heteroatoms. The molecule has 1 atom stereocenters. The summed E-state index contributed by atoms with van der Waals surface area (Å²) in [5.74, 6) is 0.841. The largest absolute Gasteiger partial charge is 0.419 e. The molecule has 21 heavy (non-hydrogen) atoms. The van der Waals surface area contributed by atoms with Gasteiger partial charge in [-0.15, -0.1) is 15.3 Å². The number of aromatic nitrogens is 5. The van der Waals surface area contributed by atoms with Gasteiger partial charge in [-0.2, -0.15) is 0 Å². The highest BCUT2D eigenvalue weighted by Gasteiger charge is 2.13. The van der Waals surface area contributed by atoms with E-state index in [1.165, 1.54) is 0 Å². The van der Waals surface area contributed by atoms with Gasteiger partial charge in [0.25, 0.3) is 0 Å². The molecule has 0 aliphatic carbocycles.